The second kappa shape index (κ2) is 3.34. The van der Waals surface area contributed by atoms with E-state index >= 15 is 0 Å². The van der Waals surface area contributed by atoms with Crippen LogP contribution in [0, 0.1) is 0 Å². The SMILES string of the molecule is C=CC[C@@H]1C=CC(=O)N1C(C)=O. The van der Waals surface area contributed by atoms with Crippen LogP contribution in [-0.2, 0) is 9.59 Å². The number of amides is 2. The smallest absolute Gasteiger partial charge is 0.253 e. The van der Waals surface area contributed by atoms with Gasteiger partial charge in [0.1, 0.15) is 0 Å². The van der Waals surface area contributed by atoms with Gasteiger partial charge in [-0.15, -0.1) is 6.58 Å². The van der Waals surface area contributed by atoms with Gasteiger partial charge in [-0.3, -0.25) is 14.5 Å². The molecule has 0 fully saturated rings. The van der Waals surface area contributed by atoms with E-state index in [2.05, 4.69) is 6.58 Å². The van der Waals surface area contributed by atoms with Crippen molar-refractivity contribution in [1.82, 2.24) is 4.90 Å². The van der Waals surface area contributed by atoms with Crippen molar-refractivity contribution < 1.29 is 9.59 Å². The van der Waals surface area contributed by atoms with Gasteiger partial charge >= 0.3 is 0 Å². The topological polar surface area (TPSA) is 37.4 Å². The monoisotopic (exact) mass is 165 g/mol. The summed E-state index contributed by atoms with van der Waals surface area (Å²) < 4.78 is 0. The van der Waals surface area contributed by atoms with Crippen molar-refractivity contribution in [2.45, 2.75) is 19.4 Å². The number of rotatable bonds is 2. The normalized spacial score (nSPS) is 21.6. The third-order valence-corrected chi connectivity index (χ3v) is 1.78. The first kappa shape index (κ1) is 8.71. The Morgan fingerprint density at radius 3 is 3.00 bits per heavy atom. The average Bonchev–Trinajstić information content (AvgIpc) is 2.32. The van der Waals surface area contributed by atoms with Crippen molar-refractivity contribution in [3.63, 3.8) is 0 Å². The van der Waals surface area contributed by atoms with Crippen LogP contribution < -0.4 is 0 Å². The van der Waals surface area contributed by atoms with E-state index in [4.69, 9.17) is 0 Å². The summed E-state index contributed by atoms with van der Waals surface area (Å²) in [5.41, 5.74) is 0. The lowest BCUT2D eigenvalue weighted by Crippen LogP contribution is -2.37. The average molecular weight is 165 g/mol. The third kappa shape index (κ3) is 1.44. The first-order chi connectivity index (χ1) is 5.66. The summed E-state index contributed by atoms with van der Waals surface area (Å²) in [6.07, 6.45) is 5.48. The third-order valence-electron chi connectivity index (χ3n) is 1.78. The molecule has 0 spiro atoms. The zero-order valence-electron chi connectivity index (χ0n) is 6.99. The summed E-state index contributed by atoms with van der Waals surface area (Å²) >= 11 is 0. The highest BCUT2D eigenvalue weighted by Gasteiger charge is 2.27. The molecule has 0 aliphatic carbocycles. The Balaban J connectivity index is 2.75. The van der Waals surface area contributed by atoms with Crippen molar-refractivity contribution in [3.8, 4) is 0 Å². The molecule has 2 amide bonds. The van der Waals surface area contributed by atoms with Gasteiger partial charge in [-0.2, -0.15) is 0 Å². The molecule has 12 heavy (non-hydrogen) atoms. The fraction of sp³-hybridized carbons (Fsp3) is 0.333. The lowest BCUT2D eigenvalue weighted by atomic mass is 10.2. The molecular weight excluding hydrogens is 154 g/mol. The minimum Gasteiger partial charge on any atom is -0.275 e. The van der Waals surface area contributed by atoms with Crippen LogP contribution in [0.4, 0.5) is 0 Å². The Labute approximate surface area is 71.4 Å². The molecule has 0 aromatic heterocycles. The first-order valence-electron chi connectivity index (χ1n) is 3.79. The van der Waals surface area contributed by atoms with Gasteiger partial charge < -0.3 is 0 Å². The Morgan fingerprint density at radius 1 is 1.83 bits per heavy atom. The summed E-state index contributed by atoms with van der Waals surface area (Å²) in [6.45, 7) is 4.95. The summed E-state index contributed by atoms with van der Waals surface area (Å²) in [5, 5.41) is 0. The molecule has 1 rings (SSSR count). The Bertz CT molecular complexity index is 255. The molecule has 1 aliphatic heterocycles. The van der Waals surface area contributed by atoms with Crippen molar-refractivity contribution in [2.75, 3.05) is 0 Å². The fourth-order valence-electron chi connectivity index (χ4n) is 1.27. The summed E-state index contributed by atoms with van der Waals surface area (Å²) in [7, 11) is 0. The minimum absolute atomic E-state index is 0.118. The fourth-order valence-corrected chi connectivity index (χ4v) is 1.27. The maximum absolute atomic E-state index is 11.1. The molecule has 0 aromatic carbocycles. The number of carbonyl (C=O) groups is 2. The van der Waals surface area contributed by atoms with Crippen LogP contribution in [0.2, 0.25) is 0 Å². The molecule has 0 saturated heterocycles. The Kier molecular flexibility index (Phi) is 2.43. The molecule has 1 aliphatic rings. The van der Waals surface area contributed by atoms with Crippen molar-refractivity contribution in [2.24, 2.45) is 0 Å². The molecule has 0 saturated carbocycles. The van der Waals surface area contributed by atoms with Crippen molar-refractivity contribution >= 4 is 11.8 Å². The van der Waals surface area contributed by atoms with E-state index in [-0.39, 0.29) is 17.9 Å². The van der Waals surface area contributed by atoms with Gasteiger partial charge in [0.25, 0.3) is 5.91 Å². The maximum atomic E-state index is 11.1. The van der Waals surface area contributed by atoms with E-state index in [1.165, 1.54) is 17.9 Å². The number of hydrogen-bond donors (Lipinski definition) is 0. The second-order valence-electron chi connectivity index (χ2n) is 2.68. The van der Waals surface area contributed by atoms with E-state index in [9.17, 15) is 9.59 Å². The molecule has 1 atom stereocenters. The molecule has 0 unspecified atom stereocenters. The highest BCUT2D eigenvalue weighted by atomic mass is 16.2. The van der Waals surface area contributed by atoms with Crippen LogP contribution in [0.5, 0.6) is 0 Å². The standard InChI is InChI=1S/C9H11NO2/c1-3-4-8-5-6-9(12)10(8)7(2)11/h3,5-6,8H,1,4H2,2H3/t8-/m1/s1. The quantitative estimate of drug-likeness (QED) is 0.569. The van der Waals surface area contributed by atoms with Gasteiger partial charge in [0.05, 0.1) is 6.04 Å². The number of imide groups is 1. The molecule has 64 valence electrons. The molecule has 3 nitrogen and oxygen atoms in total. The zero-order valence-corrected chi connectivity index (χ0v) is 6.99. The van der Waals surface area contributed by atoms with Gasteiger partial charge in [0.15, 0.2) is 0 Å². The Hall–Kier alpha value is -1.38. The van der Waals surface area contributed by atoms with Gasteiger partial charge in [-0.05, 0) is 6.42 Å². The number of nitrogens with zero attached hydrogens (tertiary/aromatic N) is 1. The maximum Gasteiger partial charge on any atom is 0.253 e. The molecule has 0 radical (unpaired) electrons. The van der Waals surface area contributed by atoms with Crippen LogP contribution >= 0.6 is 0 Å². The highest BCUT2D eigenvalue weighted by Crippen LogP contribution is 2.14. The van der Waals surface area contributed by atoms with Crippen LogP contribution in [0.3, 0.4) is 0 Å². The highest BCUT2D eigenvalue weighted by molar-refractivity contribution is 6.02. The molecule has 1 heterocycles. The van der Waals surface area contributed by atoms with Crippen molar-refractivity contribution in [3.05, 3.63) is 24.8 Å². The zero-order chi connectivity index (χ0) is 9.14. The minimum atomic E-state index is -0.227. The van der Waals surface area contributed by atoms with E-state index in [1.807, 2.05) is 0 Å². The molecular formula is C9H11NO2. The van der Waals surface area contributed by atoms with Crippen LogP contribution in [0.25, 0.3) is 0 Å². The predicted octanol–water partition coefficient (Wildman–Crippen LogP) is 0.876. The van der Waals surface area contributed by atoms with Crippen LogP contribution in [0.15, 0.2) is 24.8 Å². The number of hydrogen-bond acceptors (Lipinski definition) is 2. The molecule has 3 heteroatoms. The van der Waals surface area contributed by atoms with Gasteiger partial charge in [-0.1, -0.05) is 12.2 Å². The van der Waals surface area contributed by atoms with Crippen LogP contribution in [-0.4, -0.2) is 22.8 Å². The summed E-state index contributed by atoms with van der Waals surface area (Å²) in [5.74, 6) is -0.439. The van der Waals surface area contributed by atoms with Gasteiger partial charge in [0, 0.05) is 13.0 Å². The summed E-state index contributed by atoms with van der Waals surface area (Å²) in [4.78, 5) is 23.3. The lowest BCUT2D eigenvalue weighted by Gasteiger charge is -2.19. The molecule has 0 aromatic rings. The van der Waals surface area contributed by atoms with E-state index in [0.29, 0.717) is 6.42 Å². The lowest BCUT2D eigenvalue weighted by molar-refractivity contribution is -0.140. The molecule has 0 N–H and O–H groups in total. The van der Waals surface area contributed by atoms with Crippen molar-refractivity contribution in [1.29, 1.82) is 0 Å². The Morgan fingerprint density at radius 2 is 2.50 bits per heavy atom. The van der Waals surface area contributed by atoms with E-state index in [1.54, 1.807) is 12.2 Å². The largest absolute Gasteiger partial charge is 0.275 e. The second-order valence-corrected chi connectivity index (χ2v) is 2.68. The van der Waals surface area contributed by atoms with Gasteiger partial charge in [0.2, 0.25) is 5.91 Å². The molecule has 0 bridgehead atoms. The van der Waals surface area contributed by atoms with E-state index < -0.39 is 0 Å². The van der Waals surface area contributed by atoms with Crippen LogP contribution in [0.1, 0.15) is 13.3 Å². The first-order valence-corrected chi connectivity index (χ1v) is 3.79. The van der Waals surface area contributed by atoms with E-state index in [0.717, 1.165) is 0 Å². The van der Waals surface area contributed by atoms with Gasteiger partial charge in [-0.25, -0.2) is 0 Å². The summed E-state index contributed by atoms with van der Waals surface area (Å²) in [6, 6.07) is -0.118. The predicted molar refractivity (Wildman–Crippen MR) is 45.3 cm³/mol. The number of carbonyl (C=O) groups excluding carboxylic acids is 2.